The Morgan fingerprint density at radius 2 is 0.850 bits per heavy atom. The quantitative estimate of drug-likeness (QED) is 0.145. The summed E-state index contributed by atoms with van der Waals surface area (Å²) in [6.45, 7) is 0. The van der Waals surface area contributed by atoms with Gasteiger partial charge >= 0.3 is 0 Å². The van der Waals surface area contributed by atoms with Crippen LogP contribution in [-0.4, -0.2) is 39.6 Å². The second-order valence-corrected chi connectivity index (χ2v) is 14.8. The van der Waals surface area contributed by atoms with E-state index in [2.05, 4.69) is 127 Å². The zero-order chi connectivity index (χ0) is 29.2. The van der Waals surface area contributed by atoms with Crippen LogP contribution in [0.15, 0.2) is 72.2 Å². The summed E-state index contributed by atoms with van der Waals surface area (Å²) in [4.78, 5) is 57.6. The molecule has 3 aromatic carbocycles. The van der Waals surface area contributed by atoms with Gasteiger partial charge in [0.1, 0.15) is 6.17 Å². The summed E-state index contributed by atoms with van der Waals surface area (Å²) in [6, 6.07) is 9.42. The predicted octanol–water partition coefficient (Wildman–Crippen LogP) is 10.1. The van der Waals surface area contributed by atoms with Crippen LogP contribution in [0.25, 0.3) is 6.08 Å². The minimum atomic E-state index is -1.26. The van der Waals surface area contributed by atoms with Gasteiger partial charge in [0.15, 0.2) is 0 Å². The van der Waals surface area contributed by atoms with Crippen LogP contribution in [0.3, 0.4) is 0 Å². The van der Waals surface area contributed by atoms with Gasteiger partial charge in [-0.1, -0.05) is 42.5 Å². The second kappa shape index (κ2) is 11.9. The average Bonchev–Trinajstić information content (AvgIpc) is 3.35. The maximum absolute atomic E-state index is 13.9. The lowest BCUT2D eigenvalue weighted by Crippen LogP contribution is -2.53. The number of hydrogen-bond acceptors (Lipinski definition) is 4. The summed E-state index contributed by atoms with van der Waals surface area (Å²) in [5.41, 5.74) is 1.35. The number of hydrogen-bond donors (Lipinski definition) is 0. The largest absolute Gasteiger partial charge is 0.268 e. The summed E-state index contributed by atoms with van der Waals surface area (Å²) in [6.07, 6.45) is 2.29. The molecule has 0 spiro atoms. The molecule has 2 aliphatic rings. The molecule has 0 aromatic heterocycles. The highest BCUT2D eigenvalue weighted by atomic mass is 79.9. The van der Waals surface area contributed by atoms with E-state index >= 15 is 0 Å². The third-order valence-electron chi connectivity index (χ3n) is 6.32. The Hall–Kier alpha value is -0.480. The van der Waals surface area contributed by atoms with Gasteiger partial charge in [0.2, 0.25) is 0 Å². The third kappa shape index (κ3) is 4.86. The Bertz CT molecular complexity index is 1510. The average molecular weight is 1050 g/mol. The monoisotopic (exact) mass is 1050 g/mol. The summed E-state index contributed by atoms with van der Waals surface area (Å²) < 4.78 is 3.62. The maximum Gasteiger partial charge on any atom is 0.264 e. The number of carbonyl (C=O) groups excluding carboxylic acids is 4. The standard InChI is InChI=1S/C26H10Br8N2O4/c27-15-11-12(16(28)20(32)19(15)31)24(38)35(23(11)37)10(8-4-7-9-5-2-1-3-6-9)36-25(39)13-14(26(36)40)18(30)22(34)21(33)17(13)29/h1-7,10H,8H2. The van der Waals surface area contributed by atoms with Crippen molar-refractivity contribution < 1.29 is 19.2 Å². The van der Waals surface area contributed by atoms with Gasteiger partial charge in [-0.25, -0.2) is 0 Å². The highest BCUT2D eigenvalue weighted by molar-refractivity contribution is 9.15. The van der Waals surface area contributed by atoms with E-state index in [0.29, 0.717) is 35.8 Å². The molecule has 0 saturated heterocycles. The van der Waals surface area contributed by atoms with Gasteiger partial charge in [0.05, 0.1) is 22.3 Å². The topological polar surface area (TPSA) is 74.8 Å². The van der Waals surface area contributed by atoms with Crippen molar-refractivity contribution in [2.24, 2.45) is 0 Å². The molecule has 2 aliphatic heterocycles. The molecule has 0 saturated carbocycles. The third-order valence-corrected chi connectivity index (χ3v) is 15.9. The Kier molecular flexibility index (Phi) is 9.21. The van der Waals surface area contributed by atoms with Gasteiger partial charge in [-0.2, -0.15) is 0 Å². The Balaban J connectivity index is 1.66. The lowest BCUT2D eigenvalue weighted by Gasteiger charge is -2.32. The van der Waals surface area contributed by atoms with Crippen molar-refractivity contribution >= 4 is 157 Å². The molecule has 0 fully saturated rings. The summed E-state index contributed by atoms with van der Waals surface area (Å²) in [5, 5.41) is 0. The minimum Gasteiger partial charge on any atom is -0.268 e. The number of nitrogens with zero attached hydrogens (tertiary/aromatic N) is 2. The summed E-state index contributed by atoms with van der Waals surface area (Å²) in [5.74, 6) is -2.57. The number of fused-ring (bicyclic) bond motifs is 2. The number of benzene rings is 3. The van der Waals surface area contributed by atoms with Crippen molar-refractivity contribution in [3.8, 4) is 0 Å². The van der Waals surface area contributed by atoms with E-state index < -0.39 is 29.8 Å². The molecule has 14 heteroatoms. The van der Waals surface area contributed by atoms with E-state index in [-0.39, 0.29) is 28.7 Å². The first-order valence-corrected chi connectivity index (χ1v) is 17.4. The molecule has 3 aromatic rings. The first-order valence-electron chi connectivity index (χ1n) is 11.1. The smallest absolute Gasteiger partial charge is 0.264 e. The van der Waals surface area contributed by atoms with Crippen molar-refractivity contribution in [1.82, 2.24) is 9.80 Å². The van der Waals surface area contributed by atoms with Gasteiger partial charge in [-0.15, -0.1) is 0 Å². The summed E-state index contributed by atoms with van der Waals surface area (Å²) in [7, 11) is 0. The molecule has 204 valence electrons. The summed E-state index contributed by atoms with van der Waals surface area (Å²) >= 11 is 27.5. The highest BCUT2D eigenvalue weighted by Gasteiger charge is 2.51. The first-order chi connectivity index (χ1) is 18.9. The fraction of sp³-hybridized carbons (Fsp3) is 0.0769. The Labute approximate surface area is 295 Å². The molecule has 0 N–H and O–H groups in total. The molecule has 2 heterocycles. The van der Waals surface area contributed by atoms with Crippen molar-refractivity contribution in [3.63, 3.8) is 0 Å². The molecule has 40 heavy (non-hydrogen) atoms. The molecule has 6 nitrogen and oxygen atoms in total. The van der Waals surface area contributed by atoms with Crippen LogP contribution in [0.5, 0.6) is 0 Å². The van der Waals surface area contributed by atoms with Gasteiger partial charge in [0, 0.05) is 42.2 Å². The first kappa shape index (κ1) is 31.0. The van der Waals surface area contributed by atoms with E-state index in [0.717, 1.165) is 15.4 Å². The van der Waals surface area contributed by atoms with E-state index in [1.165, 1.54) is 0 Å². The number of rotatable bonds is 5. The lowest BCUT2D eigenvalue weighted by atomic mass is 10.1. The zero-order valence-corrected chi connectivity index (χ0v) is 32.1. The lowest BCUT2D eigenvalue weighted by molar-refractivity contribution is 0.0294. The van der Waals surface area contributed by atoms with Gasteiger partial charge in [0.25, 0.3) is 23.6 Å². The number of carbonyl (C=O) groups is 4. The van der Waals surface area contributed by atoms with E-state index in [4.69, 9.17) is 0 Å². The van der Waals surface area contributed by atoms with Crippen molar-refractivity contribution in [3.05, 3.63) is 100 Å². The van der Waals surface area contributed by atoms with Crippen LogP contribution in [0.1, 0.15) is 53.4 Å². The van der Waals surface area contributed by atoms with Crippen LogP contribution in [0.4, 0.5) is 0 Å². The molecule has 0 aliphatic carbocycles. The fourth-order valence-corrected chi connectivity index (χ4v) is 9.41. The predicted molar refractivity (Wildman–Crippen MR) is 179 cm³/mol. The van der Waals surface area contributed by atoms with Crippen LogP contribution >= 0.6 is 127 Å². The molecule has 0 radical (unpaired) electrons. The normalized spacial score (nSPS) is 14.8. The molecule has 0 bridgehead atoms. The Morgan fingerprint density at radius 1 is 0.525 bits per heavy atom. The zero-order valence-electron chi connectivity index (χ0n) is 19.4. The second-order valence-electron chi connectivity index (χ2n) is 8.50. The molecule has 4 amide bonds. The van der Waals surface area contributed by atoms with Crippen molar-refractivity contribution in [2.75, 3.05) is 0 Å². The highest BCUT2D eigenvalue weighted by Crippen LogP contribution is 2.48. The Morgan fingerprint density at radius 3 is 1.18 bits per heavy atom. The fourth-order valence-electron chi connectivity index (χ4n) is 4.49. The number of imide groups is 2. The molecular formula is C26H10Br8N2O4. The molecule has 0 atom stereocenters. The molecule has 5 rings (SSSR count). The maximum atomic E-state index is 13.9. The van der Waals surface area contributed by atoms with Crippen molar-refractivity contribution in [1.29, 1.82) is 0 Å². The van der Waals surface area contributed by atoms with Crippen LogP contribution in [0, 0.1) is 0 Å². The number of amides is 4. The van der Waals surface area contributed by atoms with E-state index in [1.807, 2.05) is 30.3 Å². The van der Waals surface area contributed by atoms with E-state index in [1.54, 1.807) is 12.2 Å². The SMILES string of the molecule is O=C1c2c(Br)c(Br)c(Br)c(Br)c2C(=O)N1C(CC=Cc1ccccc1)N1C(=O)c2c(Br)c(Br)c(Br)c(Br)c2C1=O. The van der Waals surface area contributed by atoms with Crippen molar-refractivity contribution in [2.45, 2.75) is 12.6 Å². The molecular weight excluding hydrogens is 1040 g/mol. The van der Waals surface area contributed by atoms with Gasteiger partial charge in [-0.3, -0.25) is 29.0 Å². The van der Waals surface area contributed by atoms with Gasteiger partial charge in [-0.05, 0) is 133 Å². The van der Waals surface area contributed by atoms with Crippen LogP contribution in [-0.2, 0) is 0 Å². The minimum absolute atomic E-state index is 0.000978. The van der Waals surface area contributed by atoms with Crippen LogP contribution in [0.2, 0.25) is 0 Å². The van der Waals surface area contributed by atoms with E-state index in [9.17, 15) is 19.2 Å². The molecule has 0 unspecified atom stereocenters. The number of halogens is 8. The van der Waals surface area contributed by atoms with Crippen LogP contribution < -0.4 is 0 Å². The van der Waals surface area contributed by atoms with Gasteiger partial charge < -0.3 is 0 Å².